The van der Waals surface area contributed by atoms with Gasteiger partial charge in [0.15, 0.2) is 5.78 Å². The summed E-state index contributed by atoms with van der Waals surface area (Å²) in [6.07, 6.45) is 7.85. The number of nitriles is 1. The topological polar surface area (TPSA) is 107 Å². The number of allylic oxidation sites excluding steroid dienone is 3. The summed E-state index contributed by atoms with van der Waals surface area (Å²) in [4.78, 5) is 39.0. The number of rotatable bonds is 5. The number of Topliss-reactive ketones (excluding diaryl/α,β-unsaturated/α-hetero) is 1. The van der Waals surface area contributed by atoms with Crippen LogP contribution in [0.4, 0.5) is 8.78 Å². The van der Waals surface area contributed by atoms with Crippen LogP contribution in [0, 0.1) is 44.8 Å². The third-order valence-corrected chi connectivity index (χ3v) is 11.9. The molecule has 0 bridgehead atoms. The zero-order chi connectivity index (χ0) is 31.0. The van der Waals surface area contributed by atoms with Gasteiger partial charge in [0.25, 0.3) is 5.91 Å². The van der Waals surface area contributed by atoms with Crippen molar-refractivity contribution < 1.29 is 28.3 Å². The molecule has 0 heterocycles. The van der Waals surface area contributed by atoms with Crippen molar-refractivity contribution in [3.63, 3.8) is 0 Å². The maximum absolute atomic E-state index is 14.1. The second-order valence-corrected chi connectivity index (χ2v) is 15.4. The molecule has 0 aromatic rings. The minimum atomic E-state index is -3.50. The van der Waals surface area contributed by atoms with Crippen LogP contribution >= 0.6 is 0 Å². The summed E-state index contributed by atoms with van der Waals surface area (Å²) in [6, 6.07) is 1.96. The van der Waals surface area contributed by atoms with Crippen LogP contribution in [-0.2, 0) is 14.4 Å². The van der Waals surface area contributed by atoms with E-state index in [2.05, 4.69) is 33.0 Å². The Morgan fingerprint density at radius 3 is 2.32 bits per heavy atom. The molecule has 0 saturated heterocycles. The van der Waals surface area contributed by atoms with E-state index in [0.29, 0.717) is 39.0 Å². The summed E-state index contributed by atoms with van der Waals surface area (Å²) >= 11 is 0. The molecule has 1 unspecified atom stereocenters. The first-order valence-corrected chi connectivity index (χ1v) is 14.9. The normalized spacial score (nSPS) is 42.3. The van der Waals surface area contributed by atoms with Gasteiger partial charge in [-0.15, -0.1) is 0 Å². The molecule has 0 aromatic carbocycles. The van der Waals surface area contributed by atoms with E-state index in [4.69, 9.17) is 0 Å². The van der Waals surface area contributed by atoms with Gasteiger partial charge in [-0.3, -0.25) is 14.4 Å². The van der Waals surface area contributed by atoms with Crippen molar-refractivity contribution in [3.05, 3.63) is 23.3 Å². The van der Waals surface area contributed by atoms with Crippen molar-refractivity contribution >= 4 is 17.5 Å². The van der Waals surface area contributed by atoms with Crippen molar-refractivity contribution in [2.45, 2.75) is 124 Å². The average Bonchev–Trinajstić information content (AvgIpc) is 2.83. The van der Waals surface area contributed by atoms with E-state index >= 15 is 0 Å². The molecule has 226 valence electrons. The largest absolute Gasteiger partial charge is 0.382 e. The van der Waals surface area contributed by atoms with Crippen molar-refractivity contribution in [3.8, 4) is 6.07 Å². The Hall–Kier alpha value is -2.40. The molecule has 4 aliphatic rings. The highest BCUT2D eigenvalue weighted by Gasteiger charge is 2.64. The fourth-order valence-corrected chi connectivity index (χ4v) is 9.06. The lowest BCUT2D eigenvalue weighted by Crippen LogP contribution is -2.62. The van der Waals surface area contributed by atoms with Crippen LogP contribution in [-0.4, -0.2) is 39.6 Å². The Bertz CT molecular complexity index is 1270. The lowest BCUT2D eigenvalue weighted by atomic mass is 9.41. The first kappa shape index (κ1) is 31.5. The number of amides is 1. The molecule has 2 N–H and O–H groups in total. The number of ketones is 2. The molecular weight excluding hydrogens is 526 g/mol. The first-order chi connectivity index (χ1) is 18.6. The molecule has 0 radical (unpaired) electrons. The van der Waals surface area contributed by atoms with Gasteiger partial charge in [0.2, 0.25) is 5.78 Å². The van der Waals surface area contributed by atoms with E-state index in [1.807, 2.05) is 19.9 Å². The number of nitrogens with one attached hydrogen (secondary N) is 1. The number of halogens is 2. The zero-order valence-corrected chi connectivity index (χ0v) is 25.8. The lowest BCUT2D eigenvalue weighted by molar-refractivity contribution is -0.150. The third kappa shape index (κ3) is 4.90. The monoisotopic (exact) mass is 572 g/mol. The van der Waals surface area contributed by atoms with Crippen molar-refractivity contribution in [1.82, 2.24) is 5.32 Å². The second kappa shape index (κ2) is 9.56. The predicted octanol–water partition coefficient (Wildman–Crippen LogP) is 6.23. The van der Waals surface area contributed by atoms with E-state index in [0.717, 1.165) is 18.4 Å². The Kier molecular flexibility index (Phi) is 7.35. The predicted molar refractivity (Wildman–Crippen MR) is 152 cm³/mol. The van der Waals surface area contributed by atoms with E-state index in [1.54, 1.807) is 12.2 Å². The fraction of sp³-hybridized carbons (Fsp3) is 0.758. The number of carbonyl (C=O) groups is 3. The summed E-state index contributed by atoms with van der Waals surface area (Å²) < 4.78 is 28.3. The number of carbonyl (C=O) groups excluding carboxylic acids is 3. The summed E-state index contributed by atoms with van der Waals surface area (Å²) in [5.41, 5.74) is -3.79. The Labute approximate surface area is 243 Å². The van der Waals surface area contributed by atoms with Gasteiger partial charge in [-0.2, -0.15) is 14.0 Å². The van der Waals surface area contributed by atoms with Crippen LogP contribution in [0.1, 0.15) is 107 Å². The lowest BCUT2D eigenvalue weighted by Gasteiger charge is -2.62. The highest BCUT2D eigenvalue weighted by atomic mass is 19.3. The van der Waals surface area contributed by atoms with Crippen LogP contribution in [0.25, 0.3) is 0 Å². The molecule has 4 aliphatic carbocycles. The second-order valence-electron chi connectivity index (χ2n) is 15.4. The SMILES string of the molecule is CC1CC(C)(C)CC[C@@]1(CC[C@]1(C)CC(=O)C=C2[C@@]3(C)C=C(C#N)C(=O)[C@@](C)(O)[C@@H]3CC[C@]21C)NC(=O)C(C)(F)F. The number of hydrogen-bond donors (Lipinski definition) is 2. The molecule has 6 nitrogen and oxygen atoms in total. The summed E-state index contributed by atoms with van der Waals surface area (Å²) in [5.74, 6) is -5.96. The van der Waals surface area contributed by atoms with Crippen molar-refractivity contribution in [1.29, 1.82) is 5.26 Å². The zero-order valence-electron chi connectivity index (χ0n) is 25.8. The van der Waals surface area contributed by atoms with Gasteiger partial charge in [0.05, 0.1) is 5.57 Å². The van der Waals surface area contributed by atoms with Crippen LogP contribution in [0.5, 0.6) is 0 Å². The first-order valence-electron chi connectivity index (χ1n) is 14.9. The molecule has 2 saturated carbocycles. The quantitative estimate of drug-likeness (QED) is 0.406. The molecule has 0 spiro atoms. The van der Waals surface area contributed by atoms with Gasteiger partial charge in [0.1, 0.15) is 11.7 Å². The molecule has 4 rings (SSSR count). The molecule has 0 aromatic heterocycles. The highest BCUT2D eigenvalue weighted by Crippen LogP contribution is 2.68. The summed E-state index contributed by atoms with van der Waals surface area (Å²) in [6.45, 7) is 14.5. The smallest absolute Gasteiger partial charge is 0.321 e. The van der Waals surface area contributed by atoms with Crippen molar-refractivity contribution in [2.75, 3.05) is 0 Å². The highest BCUT2D eigenvalue weighted by molar-refractivity contribution is 6.06. The van der Waals surface area contributed by atoms with Gasteiger partial charge in [-0.25, -0.2) is 0 Å². The third-order valence-electron chi connectivity index (χ3n) is 11.9. The molecule has 8 heteroatoms. The minimum absolute atomic E-state index is 0.0299. The maximum Gasteiger partial charge on any atom is 0.321 e. The van der Waals surface area contributed by atoms with Gasteiger partial charge in [0, 0.05) is 30.2 Å². The molecule has 7 atom stereocenters. The van der Waals surface area contributed by atoms with Crippen LogP contribution in [0.3, 0.4) is 0 Å². The summed E-state index contributed by atoms with van der Waals surface area (Å²) in [7, 11) is 0. The van der Waals surface area contributed by atoms with Crippen LogP contribution < -0.4 is 5.32 Å². The van der Waals surface area contributed by atoms with Gasteiger partial charge < -0.3 is 10.4 Å². The van der Waals surface area contributed by atoms with Gasteiger partial charge >= 0.3 is 5.92 Å². The Balaban J connectivity index is 1.74. The molecule has 1 amide bonds. The maximum atomic E-state index is 14.1. The van der Waals surface area contributed by atoms with E-state index < -0.39 is 50.9 Å². The molecule has 41 heavy (non-hydrogen) atoms. The number of fused-ring (bicyclic) bond motifs is 3. The number of hydrogen-bond acceptors (Lipinski definition) is 5. The van der Waals surface area contributed by atoms with Gasteiger partial charge in [-0.1, -0.05) is 53.2 Å². The number of aliphatic hydroxyl groups is 1. The summed E-state index contributed by atoms with van der Waals surface area (Å²) in [5, 5.41) is 23.9. The van der Waals surface area contributed by atoms with Crippen molar-refractivity contribution in [2.24, 2.45) is 33.5 Å². The van der Waals surface area contributed by atoms with Crippen LogP contribution in [0.2, 0.25) is 0 Å². The number of nitrogens with zero attached hydrogens (tertiary/aromatic N) is 1. The standard InChI is InChI=1S/C33H46F2N2O4/c1-20-16-27(2,3)11-13-33(20,37-26(40)32(8,34)35)14-12-28(4)18-22(38)15-24-29(5)17-21(19-36)25(39)31(7,41)23(29)9-10-30(24,28)6/h15,17,20,23,41H,9-14,16,18H2,1-8H3,(H,37,40)/t20?,23-,28-,29+,30-,31+,33+/m1/s1. The fourth-order valence-electron chi connectivity index (χ4n) is 9.06. The minimum Gasteiger partial charge on any atom is -0.382 e. The van der Waals surface area contributed by atoms with E-state index in [1.165, 1.54) is 6.92 Å². The van der Waals surface area contributed by atoms with Gasteiger partial charge in [-0.05, 0) is 80.1 Å². The molecule has 0 aliphatic heterocycles. The Morgan fingerprint density at radius 2 is 1.76 bits per heavy atom. The Morgan fingerprint density at radius 1 is 1.12 bits per heavy atom. The van der Waals surface area contributed by atoms with Crippen LogP contribution in [0.15, 0.2) is 23.3 Å². The number of alkyl halides is 2. The van der Waals surface area contributed by atoms with E-state index in [9.17, 15) is 33.5 Å². The average molecular weight is 573 g/mol. The molecular formula is C33H46F2N2O4. The molecule has 2 fully saturated rings. The van der Waals surface area contributed by atoms with E-state index in [-0.39, 0.29) is 29.1 Å².